The van der Waals surface area contributed by atoms with Gasteiger partial charge < -0.3 is 10.2 Å². The van der Waals surface area contributed by atoms with E-state index in [0.717, 1.165) is 41.0 Å². The molecule has 2 aromatic carbocycles. The molecule has 0 spiro atoms. The van der Waals surface area contributed by atoms with Gasteiger partial charge >= 0.3 is 0 Å². The zero-order valence-corrected chi connectivity index (χ0v) is 17.9. The summed E-state index contributed by atoms with van der Waals surface area (Å²) in [6, 6.07) is 14.6. The van der Waals surface area contributed by atoms with Gasteiger partial charge in [0.25, 0.3) is 5.91 Å². The molecule has 1 aromatic heterocycles. The fourth-order valence-corrected chi connectivity index (χ4v) is 3.22. The second-order valence-corrected chi connectivity index (χ2v) is 7.69. The van der Waals surface area contributed by atoms with Crippen molar-refractivity contribution in [1.82, 2.24) is 19.9 Å². The van der Waals surface area contributed by atoms with E-state index in [0.29, 0.717) is 12.2 Å². The molecule has 6 heteroatoms. The van der Waals surface area contributed by atoms with Gasteiger partial charge in [-0.2, -0.15) is 0 Å². The van der Waals surface area contributed by atoms with Crippen molar-refractivity contribution < 1.29 is 4.79 Å². The lowest BCUT2D eigenvalue weighted by atomic mass is 10.1. The molecular formula is C23H29N5O. The van der Waals surface area contributed by atoms with E-state index in [1.165, 1.54) is 5.56 Å². The molecule has 0 saturated heterocycles. The van der Waals surface area contributed by atoms with Crippen LogP contribution in [0.1, 0.15) is 45.4 Å². The van der Waals surface area contributed by atoms with E-state index in [1.807, 2.05) is 40.1 Å². The highest BCUT2D eigenvalue weighted by Gasteiger charge is 2.17. The number of nitrogens with zero attached hydrogens (tertiary/aromatic N) is 4. The number of amides is 1. The zero-order valence-electron chi connectivity index (χ0n) is 17.9. The van der Waals surface area contributed by atoms with Crippen molar-refractivity contribution in [3.05, 3.63) is 76.1 Å². The highest BCUT2D eigenvalue weighted by atomic mass is 16.2. The van der Waals surface area contributed by atoms with Crippen LogP contribution >= 0.6 is 0 Å². The van der Waals surface area contributed by atoms with Crippen LogP contribution in [-0.4, -0.2) is 39.9 Å². The molecule has 0 fully saturated rings. The Morgan fingerprint density at radius 1 is 1.03 bits per heavy atom. The highest BCUT2D eigenvalue weighted by Crippen LogP contribution is 2.19. The van der Waals surface area contributed by atoms with Crippen LogP contribution in [0, 0.1) is 13.8 Å². The third kappa shape index (κ3) is 5.09. The number of carbonyl (C=O) groups is 1. The molecule has 152 valence electrons. The molecule has 6 nitrogen and oxygen atoms in total. The van der Waals surface area contributed by atoms with Crippen molar-refractivity contribution in [2.45, 2.75) is 40.3 Å². The summed E-state index contributed by atoms with van der Waals surface area (Å²) in [6.45, 7) is 7.41. The lowest BCUT2D eigenvalue weighted by Gasteiger charge is -2.13. The fraction of sp³-hybridized carbons (Fsp3) is 0.348. The van der Waals surface area contributed by atoms with E-state index in [1.54, 1.807) is 4.68 Å². The van der Waals surface area contributed by atoms with Gasteiger partial charge in [-0.15, -0.1) is 5.10 Å². The molecule has 0 atom stereocenters. The van der Waals surface area contributed by atoms with Crippen LogP contribution in [0.2, 0.25) is 0 Å². The monoisotopic (exact) mass is 391 g/mol. The Bertz CT molecular complexity index is 989. The Balaban J connectivity index is 1.75. The number of nitrogens with one attached hydrogen (secondary N) is 1. The second kappa shape index (κ2) is 9.01. The van der Waals surface area contributed by atoms with E-state index in [9.17, 15) is 4.79 Å². The number of aromatic nitrogens is 3. The topological polar surface area (TPSA) is 63.1 Å². The molecule has 0 aliphatic rings. The number of benzene rings is 2. The summed E-state index contributed by atoms with van der Waals surface area (Å²) < 4.78 is 1.77. The molecular weight excluding hydrogens is 362 g/mol. The summed E-state index contributed by atoms with van der Waals surface area (Å²) in [7, 11) is 4.05. The third-order valence-electron chi connectivity index (χ3n) is 5.01. The first-order valence-electron chi connectivity index (χ1n) is 9.91. The van der Waals surface area contributed by atoms with Crippen LogP contribution in [-0.2, 0) is 19.5 Å². The lowest BCUT2D eigenvalue weighted by Crippen LogP contribution is -2.16. The number of aryl methyl sites for hydroxylation is 2. The highest BCUT2D eigenvalue weighted by molar-refractivity contribution is 6.03. The number of hydrogen-bond donors (Lipinski definition) is 1. The molecule has 0 radical (unpaired) electrons. The Morgan fingerprint density at radius 2 is 1.69 bits per heavy atom. The quantitative estimate of drug-likeness (QED) is 0.665. The van der Waals surface area contributed by atoms with Crippen LogP contribution in [0.5, 0.6) is 0 Å². The van der Waals surface area contributed by atoms with Gasteiger partial charge in [0.1, 0.15) is 0 Å². The molecule has 0 bridgehead atoms. The summed E-state index contributed by atoms with van der Waals surface area (Å²) >= 11 is 0. The average Bonchev–Trinajstić information content (AvgIpc) is 3.05. The summed E-state index contributed by atoms with van der Waals surface area (Å²) in [4.78, 5) is 14.9. The maximum Gasteiger partial charge on any atom is 0.278 e. The SMILES string of the molecule is CCc1ccc(Cn2nnc(C(=O)Nc3cc(CN(C)C)ccc3C)c2C)cc1. The molecule has 0 unspecified atom stereocenters. The Hall–Kier alpha value is -2.99. The minimum absolute atomic E-state index is 0.236. The van der Waals surface area contributed by atoms with Gasteiger partial charge in [0.2, 0.25) is 0 Å². The molecule has 29 heavy (non-hydrogen) atoms. The smallest absolute Gasteiger partial charge is 0.278 e. The van der Waals surface area contributed by atoms with Gasteiger partial charge in [-0.05, 0) is 62.7 Å². The molecule has 3 aromatic rings. The van der Waals surface area contributed by atoms with Crippen molar-refractivity contribution in [1.29, 1.82) is 0 Å². The fourth-order valence-electron chi connectivity index (χ4n) is 3.22. The largest absolute Gasteiger partial charge is 0.320 e. The number of rotatable bonds is 7. The first kappa shape index (κ1) is 20.7. The Kier molecular flexibility index (Phi) is 6.44. The predicted octanol–water partition coefficient (Wildman–Crippen LogP) is 3.82. The van der Waals surface area contributed by atoms with Crippen molar-refractivity contribution in [2.24, 2.45) is 0 Å². The lowest BCUT2D eigenvalue weighted by molar-refractivity contribution is 0.102. The van der Waals surface area contributed by atoms with E-state index in [2.05, 4.69) is 57.8 Å². The zero-order chi connectivity index (χ0) is 21.0. The van der Waals surface area contributed by atoms with Crippen molar-refractivity contribution >= 4 is 11.6 Å². The number of hydrogen-bond acceptors (Lipinski definition) is 4. The van der Waals surface area contributed by atoms with Gasteiger partial charge in [-0.1, -0.05) is 48.5 Å². The number of carbonyl (C=O) groups excluding carboxylic acids is 1. The van der Waals surface area contributed by atoms with E-state index >= 15 is 0 Å². The van der Waals surface area contributed by atoms with Crippen LogP contribution in [0.25, 0.3) is 0 Å². The summed E-state index contributed by atoms with van der Waals surface area (Å²) in [5.74, 6) is -0.236. The maximum absolute atomic E-state index is 12.8. The van der Waals surface area contributed by atoms with Crippen LogP contribution in [0.15, 0.2) is 42.5 Å². The third-order valence-corrected chi connectivity index (χ3v) is 5.01. The predicted molar refractivity (Wildman–Crippen MR) is 116 cm³/mol. The van der Waals surface area contributed by atoms with Gasteiger partial charge in [0, 0.05) is 12.2 Å². The van der Waals surface area contributed by atoms with Gasteiger partial charge in [0.05, 0.1) is 12.2 Å². The van der Waals surface area contributed by atoms with Gasteiger partial charge in [-0.25, -0.2) is 4.68 Å². The summed E-state index contributed by atoms with van der Waals surface area (Å²) in [6.07, 6.45) is 1.02. The molecule has 0 saturated carbocycles. The normalized spacial score (nSPS) is 11.1. The van der Waals surface area contributed by atoms with Crippen LogP contribution in [0.3, 0.4) is 0 Å². The minimum atomic E-state index is -0.236. The molecule has 3 rings (SSSR count). The van der Waals surface area contributed by atoms with E-state index in [-0.39, 0.29) is 5.91 Å². The first-order valence-corrected chi connectivity index (χ1v) is 9.91. The second-order valence-electron chi connectivity index (χ2n) is 7.69. The molecule has 1 heterocycles. The van der Waals surface area contributed by atoms with Gasteiger partial charge in [-0.3, -0.25) is 4.79 Å². The standard InChI is InChI=1S/C23H29N5O/c1-6-18-9-11-19(12-10-18)15-28-17(3)22(25-26-28)23(29)24-21-13-20(14-27(4)5)8-7-16(21)2/h7-13H,6,14-15H2,1-5H3,(H,24,29). The van der Waals surface area contributed by atoms with Gasteiger partial charge in [0.15, 0.2) is 5.69 Å². The van der Waals surface area contributed by atoms with Crippen molar-refractivity contribution in [3.8, 4) is 0 Å². The maximum atomic E-state index is 12.8. The van der Waals surface area contributed by atoms with Crippen LogP contribution < -0.4 is 5.32 Å². The Morgan fingerprint density at radius 3 is 2.34 bits per heavy atom. The summed E-state index contributed by atoms with van der Waals surface area (Å²) in [5, 5.41) is 11.3. The minimum Gasteiger partial charge on any atom is -0.320 e. The summed E-state index contributed by atoms with van der Waals surface area (Å²) in [5.41, 5.74) is 6.51. The first-order chi connectivity index (χ1) is 13.9. The average molecular weight is 392 g/mol. The number of anilines is 1. The Labute approximate surface area is 172 Å². The van der Waals surface area contributed by atoms with Crippen LogP contribution in [0.4, 0.5) is 5.69 Å². The molecule has 0 aliphatic heterocycles. The molecule has 1 amide bonds. The van der Waals surface area contributed by atoms with E-state index < -0.39 is 0 Å². The van der Waals surface area contributed by atoms with Crippen molar-refractivity contribution in [2.75, 3.05) is 19.4 Å². The molecule has 1 N–H and O–H groups in total. The van der Waals surface area contributed by atoms with Crippen molar-refractivity contribution in [3.63, 3.8) is 0 Å². The molecule has 0 aliphatic carbocycles. The van der Waals surface area contributed by atoms with E-state index in [4.69, 9.17) is 0 Å².